The van der Waals surface area contributed by atoms with E-state index in [0.717, 1.165) is 18.3 Å². The fourth-order valence-electron chi connectivity index (χ4n) is 2.61. The van der Waals surface area contributed by atoms with Gasteiger partial charge in [0.05, 0.1) is 12.2 Å². The van der Waals surface area contributed by atoms with Crippen LogP contribution in [0.15, 0.2) is 30.5 Å². The van der Waals surface area contributed by atoms with Gasteiger partial charge < -0.3 is 10.4 Å². The molecule has 0 saturated carbocycles. The first-order chi connectivity index (χ1) is 13.9. The van der Waals surface area contributed by atoms with Crippen LogP contribution in [0.3, 0.4) is 0 Å². The third kappa shape index (κ3) is 5.48. The normalized spacial score (nSPS) is 13.2. The van der Waals surface area contributed by atoms with E-state index in [-0.39, 0.29) is 0 Å². The SMILES string of the molecule is O=C(NCO)c1cc(C(c2c(F)ccc(F)c2F)S(=O)(=O)CCC(F)(F)F)ccn1. The molecule has 2 aromatic rings. The number of halogens is 6. The first kappa shape index (κ1) is 23.6. The van der Waals surface area contributed by atoms with Gasteiger partial charge in [0.15, 0.2) is 21.5 Å². The molecule has 0 aliphatic carbocycles. The molecule has 0 fully saturated rings. The van der Waals surface area contributed by atoms with E-state index in [9.17, 15) is 39.6 Å². The van der Waals surface area contributed by atoms with E-state index in [0.29, 0.717) is 12.1 Å². The number of carbonyl (C=O) groups is 1. The van der Waals surface area contributed by atoms with E-state index in [4.69, 9.17) is 5.11 Å². The summed E-state index contributed by atoms with van der Waals surface area (Å²) in [7, 11) is -4.95. The van der Waals surface area contributed by atoms with Crippen LogP contribution in [0, 0.1) is 17.5 Å². The number of hydrogen-bond acceptors (Lipinski definition) is 5. The van der Waals surface area contributed by atoms with Crippen LogP contribution < -0.4 is 5.32 Å². The molecular formula is C17H14F6N2O4S. The van der Waals surface area contributed by atoms with Crippen molar-refractivity contribution in [2.24, 2.45) is 0 Å². The highest BCUT2D eigenvalue weighted by Gasteiger charge is 2.38. The predicted molar refractivity (Wildman–Crippen MR) is 91.4 cm³/mol. The maximum absolute atomic E-state index is 14.4. The highest BCUT2D eigenvalue weighted by Crippen LogP contribution is 2.36. The summed E-state index contributed by atoms with van der Waals surface area (Å²) in [5.41, 5.74) is -2.33. The van der Waals surface area contributed by atoms with Crippen LogP contribution in [0.2, 0.25) is 0 Å². The number of rotatable bonds is 7. The summed E-state index contributed by atoms with van der Waals surface area (Å²) in [6, 6.07) is 2.50. The van der Waals surface area contributed by atoms with Crippen LogP contribution in [0.1, 0.15) is 33.3 Å². The Hall–Kier alpha value is -2.67. The second-order valence-electron chi connectivity index (χ2n) is 6.01. The van der Waals surface area contributed by atoms with E-state index in [2.05, 4.69) is 4.98 Å². The number of aliphatic hydroxyl groups is 1. The minimum atomic E-state index is -4.95. The molecule has 0 radical (unpaired) electrons. The van der Waals surface area contributed by atoms with Crippen molar-refractivity contribution >= 4 is 15.7 Å². The van der Waals surface area contributed by atoms with Crippen LogP contribution >= 0.6 is 0 Å². The fraction of sp³-hybridized carbons (Fsp3) is 0.294. The van der Waals surface area contributed by atoms with Crippen LogP contribution in [0.5, 0.6) is 0 Å². The average Bonchev–Trinajstić information content (AvgIpc) is 2.66. The minimum absolute atomic E-state index is 0.389. The topological polar surface area (TPSA) is 96.4 Å². The molecule has 2 N–H and O–H groups in total. The van der Waals surface area contributed by atoms with Gasteiger partial charge in [-0.3, -0.25) is 9.78 Å². The monoisotopic (exact) mass is 456 g/mol. The Kier molecular flexibility index (Phi) is 7.08. The lowest BCUT2D eigenvalue weighted by atomic mass is 10.0. The molecule has 2 rings (SSSR count). The van der Waals surface area contributed by atoms with Crippen molar-refractivity contribution in [2.45, 2.75) is 17.8 Å². The summed E-state index contributed by atoms with van der Waals surface area (Å²) in [5, 5.41) is 8.27. The third-order valence-corrected chi connectivity index (χ3v) is 5.93. The van der Waals surface area contributed by atoms with Crippen LogP contribution in [-0.4, -0.2) is 43.1 Å². The summed E-state index contributed by atoms with van der Waals surface area (Å²) in [4.78, 5) is 15.4. The molecule has 1 amide bonds. The van der Waals surface area contributed by atoms with Crippen LogP contribution in [0.25, 0.3) is 0 Å². The van der Waals surface area contributed by atoms with Crippen molar-refractivity contribution in [3.63, 3.8) is 0 Å². The molecule has 0 aliphatic rings. The van der Waals surface area contributed by atoms with E-state index in [1.165, 1.54) is 0 Å². The minimum Gasteiger partial charge on any atom is -0.376 e. The molecular weight excluding hydrogens is 442 g/mol. The molecule has 1 aromatic heterocycles. The fourth-order valence-corrected chi connectivity index (χ4v) is 4.50. The summed E-state index contributed by atoms with van der Waals surface area (Å²) in [6.07, 6.45) is -5.82. The van der Waals surface area contributed by atoms with Gasteiger partial charge in [0, 0.05) is 11.8 Å². The quantitative estimate of drug-likeness (QED) is 0.380. The first-order valence-corrected chi connectivity index (χ1v) is 9.85. The number of nitrogens with one attached hydrogen (secondary N) is 1. The molecule has 1 aromatic carbocycles. The van der Waals surface area contributed by atoms with Gasteiger partial charge in [-0.15, -0.1) is 0 Å². The molecule has 30 heavy (non-hydrogen) atoms. The first-order valence-electron chi connectivity index (χ1n) is 8.14. The maximum atomic E-state index is 14.4. The molecule has 0 spiro atoms. The van der Waals surface area contributed by atoms with Crippen molar-refractivity contribution in [3.8, 4) is 0 Å². The van der Waals surface area contributed by atoms with Crippen molar-refractivity contribution < 1.29 is 44.7 Å². The summed E-state index contributed by atoms with van der Waals surface area (Å²) >= 11 is 0. The highest BCUT2D eigenvalue weighted by atomic mass is 32.2. The smallest absolute Gasteiger partial charge is 0.376 e. The Morgan fingerprint density at radius 2 is 1.77 bits per heavy atom. The molecule has 0 saturated heterocycles. The lowest BCUT2D eigenvalue weighted by Crippen LogP contribution is -2.27. The van der Waals surface area contributed by atoms with Gasteiger partial charge in [0.2, 0.25) is 0 Å². The van der Waals surface area contributed by atoms with Gasteiger partial charge in [-0.25, -0.2) is 21.6 Å². The Morgan fingerprint density at radius 1 is 1.13 bits per heavy atom. The van der Waals surface area contributed by atoms with Crippen molar-refractivity contribution in [3.05, 3.63) is 64.7 Å². The maximum Gasteiger partial charge on any atom is 0.390 e. The molecule has 13 heteroatoms. The predicted octanol–water partition coefficient (Wildman–Crippen LogP) is 2.64. The number of benzene rings is 1. The van der Waals surface area contributed by atoms with Crippen molar-refractivity contribution in [1.29, 1.82) is 0 Å². The van der Waals surface area contributed by atoms with Gasteiger partial charge >= 0.3 is 6.18 Å². The largest absolute Gasteiger partial charge is 0.390 e. The number of pyridine rings is 1. The van der Waals surface area contributed by atoms with Gasteiger partial charge in [0.1, 0.15) is 23.5 Å². The number of amides is 1. The Morgan fingerprint density at radius 3 is 2.37 bits per heavy atom. The Bertz CT molecular complexity index is 1040. The molecule has 1 atom stereocenters. The van der Waals surface area contributed by atoms with E-state index in [1.54, 1.807) is 0 Å². The van der Waals surface area contributed by atoms with Gasteiger partial charge in [-0.1, -0.05) is 0 Å². The van der Waals surface area contributed by atoms with Gasteiger partial charge in [-0.05, 0) is 29.8 Å². The third-order valence-electron chi connectivity index (χ3n) is 3.93. The number of sulfone groups is 1. The zero-order valence-electron chi connectivity index (χ0n) is 14.9. The van der Waals surface area contributed by atoms with Gasteiger partial charge in [0.25, 0.3) is 5.91 Å². The van der Waals surface area contributed by atoms with Crippen LogP contribution in [0.4, 0.5) is 26.3 Å². The number of carbonyl (C=O) groups excluding carboxylic acids is 1. The van der Waals surface area contributed by atoms with Crippen LogP contribution in [-0.2, 0) is 9.84 Å². The van der Waals surface area contributed by atoms with Gasteiger partial charge in [-0.2, -0.15) is 13.2 Å². The lowest BCUT2D eigenvalue weighted by molar-refractivity contribution is -0.129. The molecule has 1 heterocycles. The average molecular weight is 456 g/mol. The molecule has 6 nitrogen and oxygen atoms in total. The zero-order valence-corrected chi connectivity index (χ0v) is 15.7. The number of aliphatic hydroxyl groups excluding tert-OH is 1. The van der Waals surface area contributed by atoms with E-state index >= 15 is 0 Å². The Labute approximate surface area is 166 Å². The highest BCUT2D eigenvalue weighted by molar-refractivity contribution is 7.91. The molecule has 164 valence electrons. The molecule has 0 aliphatic heterocycles. The lowest BCUT2D eigenvalue weighted by Gasteiger charge is -2.21. The molecule has 1 unspecified atom stereocenters. The van der Waals surface area contributed by atoms with Crippen molar-refractivity contribution in [2.75, 3.05) is 12.5 Å². The Balaban J connectivity index is 2.69. The van der Waals surface area contributed by atoms with E-state index < -0.39 is 80.3 Å². The number of nitrogens with zero attached hydrogens (tertiary/aromatic N) is 1. The zero-order chi connectivity index (χ0) is 22.7. The number of aromatic nitrogens is 1. The second kappa shape index (κ2) is 9.00. The summed E-state index contributed by atoms with van der Waals surface area (Å²) in [6.45, 7) is -0.814. The number of alkyl halides is 3. The summed E-state index contributed by atoms with van der Waals surface area (Å²) < 4.78 is 105. The molecule has 0 bridgehead atoms. The standard InChI is InChI=1S/C17H14F6N2O4S/c18-10-1-2-11(19)14(20)13(10)15(30(28,29)6-4-17(21,22)23)9-3-5-24-12(7-9)16(27)25-8-26/h1-3,5,7,15,26H,4,6,8H2,(H,25,27). The van der Waals surface area contributed by atoms with Crippen molar-refractivity contribution in [1.82, 2.24) is 10.3 Å². The van der Waals surface area contributed by atoms with E-state index in [1.807, 2.05) is 5.32 Å². The number of hydrogen-bond donors (Lipinski definition) is 2. The second-order valence-corrected chi connectivity index (χ2v) is 8.21. The summed E-state index contributed by atoms with van der Waals surface area (Å²) in [5.74, 6) is -7.56.